The van der Waals surface area contributed by atoms with Gasteiger partial charge in [0.25, 0.3) is 0 Å². The maximum absolute atomic E-state index is 4.63. The van der Waals surface area contributed by atoms with Gasteiger partial charge in [-0.3, -0.25) is 14.6 Å². The predicted molar refractivity (Wildman–Crippen MR) is 97.9 cm³/mol. The van der Waals surface area contributed by atoms with Crippen LogP contribution < -0.4 is 5.32 Å². The molecule has 0 spiro atoms. The number of benzene rings is 1. The molecule has 0 saturated heterocycles. The van der Waals surface area contributed by atoms with E-state index in [2.05, 4.69) is 35.5 Å². The summed E-state index contributed by atoms with van der Waals surface area (Å²) in [5.74, 6) is 0.547. The van der Waals surface area contributed by atoms with Crippen LogP contribution in [0.25, 0.3) is 27.8 Å². The third-order valence-corrected chi connectivity index (χ3v) is 4.17. The topological polar surface area (TPSA) is 97.2 Å². The lowest BCUT2D eigenvalue weighted by Crippen LogP contribution is -2.04. The summed E-state index contributed by atoms with van der Waals surface area (Å²) in [4.78, 5) is 17.5. The molecule has 0 aliphatic rings. The molecular weight excluding hydrogens is 328 g/mol. The predicted octanol–water partition coefficient (Wildman–Crippen LogP) is 2.70. The Labute approximate surface area is 148 Å². The van der Waals surface area contributed by atoms with Gasteiger partial charge in [0.05, 0.1) is 23.6 Å². The van der Waals surface area contributed by atoms with E-state index in [0.717, 1.165) is 33.3 Å². The number of fused-ring (bicyclic) bond motifs is 2. The first-order valence-electron chi connectivity index (χ1n) is 8.13. The average molecular weight is 342 g/mol. The highest BCUT2D eigenvalue weighted by Gasteiger charge is 2.09. The summed E-state index contributed by atoms with van der Waals surface area (Å²) in [5.41, 5.74) is 4.47. The van der Waals surface area contributed by atoms with Crippen molar-refractivity contribution in [3.05, 3.63) is 67.0 Å². The number of rotatable bonds is 4. The van der Waals surface area contributed by atoms with Crippen molar-refractivity contribution >= 4 is 28.0 Å². The Morgan fingerprint density at radius 2 is 2.08 bits per heavy atom. The van der Waals surface area contributed by atoms with Crippen LogP contribution in [0.1, 0.15) is 5.56 Å². The number of nitrogens with zero attached hydrogens (tertiary/aromatic N) is 6. The zero-order valence-corrected chi connectivity index (χ0v) is 13.7. The van der Waals surface area contributed by atoms with Gasteiger partial charge in [-0.1, -0.05) is 6.07 Å². The van der Waals surface area contributed by atoms with E-state index in [0.29, 0.717) is 12.5 Å². The SMILES string of the molecule is c1cncc(CNc2ncc3ncn(-c4ccc5cn[nH]c5c4)c3n2)c1. The minimum atomic E-state index is 0.547. The van der Waals surface area contributed by atoms with Crippen molar-refractivity contribution in [3.63, 3.8) is 0 Å². The lowest BCUT2D eigenvalue weighted by atomic mass is 10.2. The van der Waals surface area contributed by atoms with Crippen LogP contribution >= 0.6 is 0 Å². The highest BCUT2D eigenvalue weighted by molar-refractivity contribution is 5.81. The summed E-state index contributed by atoms with van der Waals surface area (Å²) in [7, 11) is 0. The Hall–Kier alpha value is -3.81. The summed E-state index contributed by atoms with van der Waals surface area (Å²) >= 11 is 0. The Bertz CT molecular complexity index is 1190. The quantitative estimate of drug-likeness (QED) is 0.521. The maximum atomic E-state index is 4.63. The van der Waals surface area contributed by atoms with Crippen LogP contribution in [0.5, 0.6) is 0 Å². The lowest BCUT2D eigenvalue weighted by molar-refractivity contribution is 1.03. The standard InChI is InChI=1S/C18H14N8/c1-2-12(7-19-5-1)8-20-18-21-10-16-17(24-18)26(11-22-16)14-4-3-13-9-23-25-15(13)6-14/h1-7,9-11H,8H2,(H,23,25)(H,20,21,24). The largest absolute Gasteiger partial charge is 0.350 e. The van der Waals surface area contributed by atoms with E-state index < -0.39 is 0 Å². The lowest BCUT2D eigenvalue weighted by Gasteiger charge is -2.06. The molecule has 8 heteroatoms. The van der Waals surface area contributed by atoms with Crippen molar-refractivity contribution in [2.45, 2.75) is 6.54 Å². The van der Waals surface area contributed by atoms with Crippen LogP contribution in [-0.2, 0) is 6.54 Å². The molecule has 8 nitrogen and oxygen atoms in total. The van der Waals surface area contributed by atoms with Crippen molar-refractivity contribution in [1.29, 1.82) is 0 Å². The molecule has 0 fully saturated rings. The minimum Gasteiger partial charge on any atom is -0.350 e. The van der Waals surface area contributed by atoms with E-state index in [4.69, 9.17) is 0 Å². The Kier molecular flexibility index (Phi) is 3.31. The normalized spacial score (nSPS) is 11.2. The van der Waals surface area contributed by atoms with E-state index in [1.807, 2.05) is 41.1 Å². The zero-order chi connectivity index (χ0) is 17.3. The van der Waals surface area contributed by atoms with Gasteiger partial charge in [-0.25, -0.2) is 9.97 Å². The van der Waals surface area contributed by atoms with Crippen molar-refractivity contribution in [2.75, 3.05) is 5.32 Å². The molecule has 0 unspecified atom stereocenters. The molecule has 1 aromatic carbocycles. The Balaban J connectivity index is 1.50. The molecule has 0 amide bonds. The summed E-state index contributed by atoms with van der Waals surface area (Å²) in [6.07, 6.45) is 8.84. The molecule has 2 N–H and O–H groups in total. The highest BCUT2D eigenvalue weighted by atomic mass is 15.2. The first kappa shape index (κ1) is 14.5. The maximum Gasteiger partial charge on any atom is 0.225 e. The number of H-pyrrole nitrogens is 1. The Morgan fingerprint density at radius 1 is 1.08 bits per heavy atom. The number of imidazole rings is 1. The minimum absolute atomic E-state index is 0.547. The zero-order valence-electron chi connectivity index (χ0n) is 13.7. The smallest absolute Gasteiger partial charge is 0.225 e. The van der Waals surface area contributed by atoms with Gasteiger partial charge in [-0.05, 0) is 29.8 Å². The molecule has 26 heavy (non-hydrogen) atoms. The fourth-order valence-corrected chi connectivity index (χ4v) is 2.84. The molecule has 4 heterocycles. The van der Waals surface area contributed by atoms with E-state index in [1.54, 1.807) is 24.9 Å². The number of pyridine rings is 1. The number of nitrogens with one attached hydrogen (secondary N) is 2. The van der Waals surface area contributed by atoms with Crippen molar-refractivity contribution in [2.24, 2.45) is 0 Å². The molecule has 0 radical (unpaired) electrons. The molecule has 5 rings (SSSR count). The third kappa shape index (κ3) is 2.53. The number of aromatic amines is 1. The molecule has 0 aliphatic heterocycles. The van der Waals surface area contributed by atoms with Crippen molar-refractivity contribution in [3.8, 4) is 5.69 Å². The number of aromatic nitrogens is 7. The molecule has 0 saturated carbocycles. The third-order valence-electron chi connectivity index (χ3n) is 4.17. The fraction of sp³-hybridized carbons (Fsp3) is 0.0556. The number of hydrogen-bond donors (Lipinski definition) is 2. The molecule has 5 aromatic rings. The highest BCUT2D eigenvalue weighted by Crippen LogP contribution is 2.20. The van der Waals surface area contributed by atoms with E-state index in [1.165, 1.54) is 0 Å². The van der Waals surface area contributed by atoms with E-state index in [9.17, 15) is 0 Å². The summed E-state index contributed by atoms with van der Waals surface area (Å²) < 4.78 is 1.94. The summed E-state index contributed by atoms with van der Waals surface area (Å²) in [6, 6.07) is 9.96. The second kappa shape index (κ2) is 5.92. The summed E-state index contributed by atoms with van der Waals surface area (Å²) in [5, 5.41) is 11.3. The molecule has 0 aliphatic carbocycles. The van der Waals surface area contributed by atoms with Gasteiger partial charge in [-0.2, -0.15) is 10.1 Å². The molecular formula is C18H14N8. The molecule has 0 atom stereocenters. The molecule has 0 bridgehead atoms. The van der Waals surface area contributed by atoms with Gasteiger partial charge in [0.2, 0.25) is 5.95 Å². The van der Waals surface area contributed by atoms with E-state index in [-0.39, 0.29) is 0 Å². The van der Waals surface area contributed by atoms with Crippen LogP contribution in [0.15, 0.2) is 61.4 Å². The van der Waals surface area contributed by atoms with Crippen LogP contribution in [0.3, 0.4) is 0 Å². The van der Waals surface area contributed by atoms with Crippen LogP contribution in [-0.4, -0.2) is 34.7 Å². The van der Waals surface area contributed by atoms with Crippen LogP contribution in [0, 0.1) is 0 Å². The van der Waals surface area contributed by atoms with Gasteiger partial charge in [-0.15, -0.1) is 0 Å². The fourth-order valence-electron chi connectivity index (χ4n) is 2.84. The van der Waals surface area contributed by atoms with Gasteiger partial charge in [0.1, 0.15) is 11.8 Å². The monoisotopic (exact) mass is 342 g/mol. The second-order valence-electron chi connectivity index (χ2n) is 5.87. The van der Waals surface area contributed by atoms with Gasteiger partial charge in [0, 0.05) is 24.3 Å². The molecule has 126 valence electrons. The van der Waals surface area contributed by atoms with Crippen molar-refractivity contribution in [1.82, 2.24) is 34.7 Å². The first-order chi connectivity index (χ1) is 12.9. The number of anilines is 1. The van der Waals surface area contributed by atoms with Crippen molar-refractivity contribution < 1.29 is 0 Å². The van der Waals surface area contributed by atoms with Crippen LogP contribution in [0.2, 0.25) is 0 Å². The van der Waals surface area contributed by atoms with E-state index >= 15 is 0 Å². The average Bonchev–Trinajstić information content (AvgIpc) is 3.33. The van der Waals surface area contributed by atoms with Crippen LogP contribution in [0.4, 0.5) is 5.95 Å². The Morgan fingerprint density at radius 3 is 3.00 bits per heavy atom. The summed E-state index contributed by atoms with van der Waals surface area (Å²) in [6.45, 7) is 0.605. The van der Waals surface area contributed by atoms with Gasteiger partial charge in [0.15, 0.2) is 5.65 Å². The first-order valence-corrected chi connectivity index (χ1v) is 8.13. The number of hydrogen-bond acceptors (Lipinski definition) is 6. The molecule has 4 aromatic heterocycles. The second-order valence-corrected chi connectivity index (χ2v) is 5.87. The van der Waals surface area contributed by atoms with Gasteiger partial charge < -0.3 is 5.32 Å². The van der Waals surface area contributed by atoms with Gasteiger partial charge >= 0.3 is 0 Å².